The number of sulfonamides is 2. The molecular weight excluding hydrogens is 438 g/mol. The zero-order valence-corrected chi connectivity index (χ0v) is 19.1. The van der Waals surface area contributed by atoms with Crippen molar-refractivity contribution in [2.45, 2.75) is 29.6 Å². The summed E-state index contributed by atoms with van der Waals surface area (Å²) in [5.74, 6) is 1.11. The fourth-order valence-electron chi connectivity index (χ4n) is 3.89. The maximum Gasteiger partial charge on any atom is 0.243 e. The Labute approximate surface area is 183 Å². The first kappa shape index (κ1) is 22.1. The number of hydrogen-bond donors (Lipinski definition) is 0. The zero-order valence-electron chi connectivity index (χ0n) is 17.5. The van der Waals surface area contributed by atoms with E-state index in [4.69, 9.17) is 0 Å². The van der Waals surface area contributed by atoms with Crippen molar-refractivity contribution >= 4 is 26.0 Å². The van der Waals surface area contributed by atoms with E-state index in [2.05, 4.69) is 16.9 Å². The molecule has 0 atom stereocenters. The van der Waals surface area contributed by atoms with Crippen molar-refractivity contribution in [3.63, 3.8) is 0 Å². The number of piperazine rings is 1. The quantitative estimate of drug-likeness (QED) is 0.658. The molecule has 2 fully saturated rings. The van der Waals surface area contributed by atoms with Crippen LogP contribution in [0, 0.1) is 5.92 Å². The molecule has 31 heavy (non-hydrogen) atoms. The molecule has 0 bridgehead atoms. The lowest BCUT2D eigenvalue weighted by atomic mass is 10.0. The SMILES string of the molecule is CC1CCN(S(=O)(=O)c2ccc(S(=O)(=O)N3CCN(c4ncccn4)CC3)cc2)CC1. The molecular formula is C20H27N5O4S2. The molecule has 1 aromatic heterocycles. The van der Waals surface area contributed by atoms with Crippen molar-refractivity contribution in [3.8, 4) is 0 Å². The largest absolute Gasteiger partial charge is 0.338 e. The molecule has 0 N–H and O–H groups in total. The summed E-state index contributed by atoms with van der Waals surface area (Å²) < 4.78 is 54.7. The molecule has 2 aliphatic rings. The smallest absolute Gasteiger partial charge is 0.243 e. The van der Waals surface area contributed by atoms with E-state index < -0.39 is 20.0 Å². The molecule has 4 rings (SSSR count). The Morgan fingerprint density at radius 1 is 0.742 bits per heavy atom. The van der Waals surface area contributed by atoms with Crippen LogP contribution < -0.4 is 4.90 Å². The summed E-state index contributed by atoms with van der Waals surface area (Å²) in [6.45, 7) is 4.72. The molecule has 0 unspecified atom stereocenters. The lowest BCUT2D eigenvalue weighted by Crippen LogP contribution is -2.49. The lowest BCUT2D eigenvalue weighted by molar-refractivity contribution is 0.288. The predicted octanol–water partition coefficient (Wildman–Crippen LogP) is 1.41. The minimum absolute atomic E-state index is 0.100. The highest BCUT2D eigenvalue weighted by Gasteiger charge is 2.31. The summed E-state index contributed by atoms with van der Waals surface area (Å²) >= 11 is 0. The Balaban J connectivity index is 1.45. The number of anilines is 1. The molecule has 9 nitrogen and oxygen atoms in total. The molecule has 0 saturated carbocycles. The molecule has 2 saturated heterocycles. The van der Waals surface area contributed by atoms with Crippen molar-refractivity contribution in [1.82, 2.24) is 18.6 Å². The Hall–Kier alpha value is -2.08. The average Bonchev–Trinajstić information content (AvgIpc) is 2.80. The van der Waals surface area contributed by atoms with Gasteiger partial charge in [0.1, 0.15) is 0 Å². The first-order valence-electron chi connectivity index (χ1n) is 10.4. The van der Waals surface area contributed by atoms with E-state index in [9.17, 15) is 16.8 Å². The van der Waals surface area contributed by atoms with E-state index in [-0.39, 0.29) is 9.79 Å². The van der Waals surface area contributed by atoms with Gasteiger partial charge < -0.3 is 4.90 Å². The van der Waals surface area contributed by atoms with Crippen LogP contribution in [0.25, 0.3) is 0 Å². The topological polar surface area (TPSA) is 104 Å². The summed E-state index contributed by atoms with van der Waals surface area (Å²) in [7, 11) is -7.31. The van der Waals surface area contributed by atoms with Gasteiger partial charge >= 0.3 is 0 Å². The van der Waals surface area contributed by atoms with E-state index in [1.165, 1.54) is 32.9 Å². The third-order valence-electron chi connectivity index (χ3n) is 5.92. The average molecular weight is 466 g/mol. The first-order valence-corrected chi connectivity index (χ1v) is 13.3. The second-order valence-corrected chi connectivity index (χ2v) is 11.9. The number of benzene rings is 1. The van der Waals surface area contributed by atoms with Crippen LogP contribution in [0.2, 0.25) is 0 Å². The Bertz CT molecular complexity index is 1090. The van der Waals surface area contributed by atoms with Gasteiger partial charge in [-0.15, -0.1) is 0 Å². The Kier molecular flexibility index (Phi) is 6.29. The van der Waals surface area contributed by atoms with Crippen LogP contribution in [0.1, 0.15) is 19.8 Å². The lowest BCUT2D eigenvalue weighted by Gasteiger charge is -2.34. The predicted molar refractivity (Wildman–Crippen MR) is 117 cm³/mol. The van der Waals surface area contributed by atoms with Crippen molar-refractivity contribution in [3.05, 3.63) is 42.7 Å². The number of aromatic nitrogens is 2. The molecule has 0 spiro atoms. The van der Waals surface area contributed by atoms with Crippen LogP contribution in [0.3, 0.4) is 0 Å². The summed E-state index contributed by atoms with van der Waals surface area (Å²) in [4.78, 5) is 10.6. The maximum absolute atomic E-state index is 13.0. The minimum Gasteiger partial charge on any atom is -0.338 e. The van der Waals surface area contributed by atoms with Crippen LogP contribution in [0.5, 0.6) is 0 Å². The third kappa shape index (κ3) is 4.59. The van der Waals surface area contributed by atoms with Gasteiger partial charge in [0.15, 0.2) is 0 Å². The van der Waals surface area contributed by atoms with Crippen LogP contribution in [-0.2, 0) is 20.0 Å². The minimum atomic E-state index is -3.70. The highest BCUT2D eigenvalue weighted by atomic mass is 32.2. The molecule has 0 aliphatic carbocycles. The van der Waals surface area contributed by atoms with Gasteiger partial charge in [-0.3, -0.25) is 0 Å². The molecule has 3 heterocycles. The van der Waals surface area contributed by atoms with Gasteiger partial charge in [0.05, 0.1) is 9.79 Å². The number of nitrogens with zero attached hydrogens (tertiary/aromatic N) is 5. The first-order chi connectivity index (χ1) is 14.8. The molecule has 168 valence electrons. The fraction of sp³-hybridized carbons (Fsp3) is 0.500. The summed E-state index contributed by atoms with van der Waals surface area (Å²) in [6, 6.07) is 7.31. The zero-order chi connectivity index (χ0) is 22.1. The van der Waals surface area contributed by atoms with Crippen LogP contribution >= 0.6 is 0 Å². The van der Waals surface area contributed by atoms with Gasteiger partial charge in [-0.1, -0.05) is 6.92 Å². The second-order valence-electron chi connectivity index (χ2n) is 8.00. The Morgan fingerprint density at radius 2 is 1.19 bits per heavy atom. The molecule has 1 aromatic carbocycles. The van der Waals surface area contributed by atoms with Crippen LogP contribution in [0.15, 0.2) is 52.5 Å². The van der Waals surface area contributed by atoms with Crippen LogP contribution in [0.4, 0.5) is 5.95 Å². The molecule has 0 radical (unpaired) electrons. The summed E-state index contributed by atoms with van der Waals surface area (Å²) in [6.07, 6.45) is 4.99. The van der Waals surface area contributed by atoms with Gasteiger partial charge in [0.25, 0.3) is 0 Å². The highest BCUT2D eigenvalue weighted by molar-refractivity contribution is 7.89. The number of piperidine rings is 1. The van der Waals surface area contributed by atoms with Crippen LogP contribution in [-0.4, -0.2) is 74.7 Å². The number of rotatable bonds is 5. The van der Waals surface area contributed by atoms with Gasteiger partial charge in [0.2, 0.25) is 26.0 Å². The van der Waals surface area contributed by atoms with E-state index in [1.807, 2.05) is 4.90 Å². The summed E-state index contributed by atoms with van der Waals surface area (Å²) in [5.41, 5.74) is 0. The van der Waals surface area contributed by atoms with E-state index in [0.29, 0.717) is 51.1 Å². The molecule has 2 aliphatic heterocycles. The standard InChI is InChI=1S/C20H27N5O4S2/c1-17-7-11-24(12-8-17)30(26,27)18-3-5-19(6-4-18)31(28,29)25-15-13-23(14-16-25)20-21-9-2-10-22-20/h2-6,9-10,17H,7-8,11-16H2,1H3. The fourth-order valence-corrected chi connectivity index (χ4v) is 6.78. The van der Waals surface area contributed by atoms with E-state index in [0.717, 1.165) is 12.8 Å². The normalized spacial score (nSPS) is 20.1. The van der Waals surface area contributed by atoms with E-state index in [1.54, 1.807) is 18.5 Å². The van der Waals surface area contributed by atoms with Gasteiger partial charge in [-0.05, 0) is 49.1 Å². The monoisotopic (exact) mass is 465 g/mol. The van der Waals surface area contributed by atoms with Gasteiger partial charge in [-0.2, -0.15) is 8.61 Å². The van der Waals surface area contributed by atoms with E-state index >= 15 is 0 Å². The van der Waals surface area contributed by atoms with Crippen molar-refractivity contribution in [1.29, 1.82) is 0 Å². The third-order valence-corrected chi connectivity index (χ3v) is 9.74. The molecule has 2 aromatic rings. The maximum atomic E-state index is 13.0. The van der Waals surface area contributed by atoms with Gasteiger partial charge in [0, 0.05) is 51.7 Å². The molecule has 11 heteroatoms. The second kappa shape index (κ2) is 8.81. The highest BCUT2D eigenvalue weighted by Crippen LogP contribution is 2.25. The number of hydrogen-bond acceptors (Lipinski definition) is 7. The molecule has 0 amide bonds. The summed E-state index contributed by atoms with van der Waals surface area (Å²) in [5, 5.41) is 0. The Morgan fingerprint density at radius 3 is 1.68 bits per heavy atom. The van der Waals surface area contributed by atoms with Crippen molar-refractivity contribution in [2.75, 3.05) is 44.2 Å². The van der Waals surface area contributed by atoms with Gasteiger partial charge in [-0.25, -0.2) is 26.8 Å². The van der Waals surface area contributed by atoms with Crippen molar-refractivity contribution < 1.29 is 16.8 Å². The van der Waals surface area contributed by atoms with Crippen molar-refractivity contribution in [2.24, 2.45) is 5.92 Å².